The van der Waals surface area contributed by atoms with Gasteiger partial charge in [-0.3, -0.25) is 9.58 Å². The van der Waals surface area contributed by atoms with Crippen molar-refractivity contribution in [2.45, 2.75) is 38.6 Å². The molecule has 1 aromatic heterocycles. The zero-order valence-electron chi connectivity index (χ0n) is 12.5. The Balaban J connectivity index is 2.17. The summed E-state index contributed by atoms with van der Waals surface area (Å²) in [5.74, 6) is 0.541. The Hall–Kier alpha value is -0.880. The maximum atomic E-state index is 12.1. The first-order valence-corrected chi connectivity index (χ1v) is 9.27. The highest BCUT2D eigenvalue weighted by atomic mass is 32.2. The van der Waals surface area contributed by atoms with Crippen LogP contribution in [0.5, 0.6) is 0 Å². The molecule has 0 amide bonds. The first-order valence-electron chi connectivity index (χ1n) is 7.45. The third-order valence-electron chi connectivity index (χ3n) is 3.91. The topological polar surface area (TPSA) is 55.2 Å². The minimum atomic E-state index is -2.95. The van der Waals surface area contributed by atoms with Gasteiger partial charge in [-0.2, -0.15) is 5.10 Å². The van der Waals surface area contributed by atoms with E-state index in [1.165, 1.54) is 12.8 Å². The number of nitrogens with zero attached hydrogens (tertiary/aromatic N) is 3. The molecule has 2 heterocycles. The summed E-state index contributed by atoms with van der Waals surface area (Å²) in [4.78, 5) is 2.33. The van der Waals surface area contributed by atoms with E-state index in [0.29, 0.717) is 5.75 Å². The third-order valence-corrected chi connectivity index (χ3v) is 5.65. The highest BCUT2D eigenvalue weighted by molar-refractivity contribution is 7.91. The average Bonchev–Trinajstić information content (AvgIpc) is 2.74. The lowest BCUT2D eigenvalue weighted by Crippen LogP contribution is -2.32. The minimum absolute atomic E-state index is 0.0342. The van der Waals surface area contributed by atoms with Crippen molar-refractivity contribution in [3.8, 4) is 0 Å². The third kappa shape index (κ3) is 4.06. The summed E-state index contributed by atoms with van der Waals surface area (Å²) in [6.45, 7) is 4.02. The second kappa shape index (κ2) is 6.72. The largest absolute Gasteiger partial charge is 0.295 e. The Morgan fingerprint density at radius 1 is 1.40 bits per heavy atom. The normalized spacial score (nSPS) is 23.6. The molecule has 1 atom stereocenters. The maximum absolute atomic E-state index is 12.1. The summed E-state index contributed by atoms with van der Waals surface area (Å²) in [6.07, 6.45) is 8.00. The molecule has 0 aromatic carbocycles. The van der Waals surface area contributed by atoms with Gasteiger partial charge >= 0.3 is 0 Å². The Labute approximate surface area is 121 Å². The second-order valence-electron chi connectivity index (χ2n) is 5.67. The van der Waals surface area contributed by atoms with Crippen LogP contribution in [0.4, 0.5) is 0 Å². The molecule has 1 aromatic rings. The highest BCUT2D eigenvalue weighted by Crippen LogP contribution is 2.26. The molecule has 114 valence electrons. The summed E-state index contributed by atoms with van der Waals surface area (Å²) in [6, 6.07) is -0.0342. The molecule has 0 radical (unpaired) electrons. The SMILES string of the molecule is CCCCCN1CCCS(=O)(=O)CC1c1cnn(C)c1. The molecule has 1 fully saturated rings. The lowest BCUT2D eigenvalue weighted by Gasteiger charge is -2.28. The number of rotatable bonds is 5. The molecular weight excluding hydrogens is 274 g/mol. The van der Waals surface area contributed by atoms with E-state index in [1.54, 1.807) is 10.9 Å². The molecule has 1 unspecified atom stereocenters. The quantitative estimate of drug-likeness (QED) is 0.778. The van der Waals surface area contributed by atoms with Crippen LogP contribution in [-0.2, 0) is 16.9 Å². The molecule has 1 aliphatic rings. The summed E-state index contributed by atoms with van der Waals surface area (Å²) in [7, 11) is -1.08. The van der Waals surface area contributed by atoms with Crippen LogP contribution in [0.3, 0.4) is 0 Å². The fourth-order valence-electron chi connectivity index (χ4n) is 2.82. The van der Waals surface area contributed by atoms with E-state index in [9.17, 15) is 8.42 Å². The van der Waals surface area contributed by atoms with Crippen molar-refractivity contribution >= 4 is 9.84 Å². The van der Waals surface area contributed by atoms with Gasteiger partial charge in [0.15, 0.2) is 9.84 Å². The van der Waals surface area contributed by atoms with Crippen LogP contribution in [0.1, 0.15) is 44.2 Å². The molecule has 5 nitrogen and oxygen atoms in total. The van der Waals surface area contributed by atoms with Gasteiger partial charge in [-0.15, -0.1) is 0 Å². The predicted octanol–water partition coefficient (Wildman–Crippen LogP) is 1.77. The molecule has 2 rings (SSSR count). The van der Waals surface area contributed by atoms with Crippen molar-refractivity contribution in [3.63, 3.8) is 0 Å². The second-order valence-corrected chi connectivity index (χ2v) is 7.90. The van der Waals surface area contributed by atoms with Crippen LogP contribution in [0.15, 0.2) is 12.4 Å². The van der Waals surface area contributed by atoms with Crippen molar-refractivity contribution in [3.05, 3.63) is 18.0 Å². The van der Waals surface area contributed by atoms with E-state index >= 15 is 0 Å². The fraction of sp³-hybridized carbons (Fsp3) is 0.786. The van der Waals surface area contributed by atoms with Gasteiger partial charge in [0.2, 0.25) is 0 Å². The van der Waals surface area contributed by atoms with Gasteiger partial charge in [-0.1, -0.05) is 19.8 Å². The molecule has 0 spiro atoms. The molecule has 0 saturated carbocycles. The monoisotopic (exact) mass is 299 g/mol. The summed E-state index contributed by atoms with van der Waals surface area (Å²) in [5, 5.41) is 4.20. The van der Waals surface area contributed by atoms with Crippen molar-refractivity contribution in [1.82, 2.24) is 14.7 Å². The summed E-state index contributed by atoms with van der Waals surface area (Å²) < 4.78 is 25.9. The van der Waals surface area contributed by atoms with E-state index < -0.39 is 9.84 Å². The van der Waals surface area contributed by atoms with Gasteiger partial charge in [0.25, 0.3) is 0 Å². The van der Waals surface area contributed by atoms with Gasteiger partial charge < -0.3 is 0 Å². The van der Waals surface area contributed by atoms with Crippen LogP contribution < -0.4 is 0 Å². The Kier molecular flexibility index (Phi) is 5.21. The van der Waals surface area contributed by atoms with Gasteiger partial charge in [-0.05, 0) is 25.9 Å². The van der Waals surface area contributed by atoms with Gasteiger partial charge in [0.1, 0.15) is 0 Å². The summed E-state index contributed by atoms with van der Waals surface area (Å²) >= 11 is 0. The highest BCUT2D eigenvalue weighted by Gasteiger charge is 2.30. The first-order chi connectivity index (χ1) is 9.52. The van der Waals surface area contributed by atoms with E-state index in [-0.39, 0.29) is 11.8 Å². The van der Waals surface area contributed by atoms with Crippen LogP contribution in [0.2, 0.25) is 0 Å². The van der Waals surface area contributed by atoms with E-state index in [0.717, 1.165) is 31.5 Å². The molecule has 1 saturated heterocycles. The zero-order chi connectivity index (χ0) is 14.6. The zero-order valence-corrected chi connectivity index (χ0v) is 13.3. The van der Waals surface area contributed by atoms with Crippen molar-refractivity contribution in [2.24, 2.45) is 7.05 Å². The number of hydrogen-bond acceptors (Lipinski definition) is 4. The molecule has 6 heteroatoms. The molecule has 20 heavy (non-hydrogen) atoms. The lowest BCUT2D eigenvalue weighted by molar-refractivity contribution is 0.213. The van der Waals surface area contributed by atoms with E-state index in [1.807, 2.05) is 13.2 Å². The van der Waals surface area contributed by atoms with Crippen molar-refractivity contribution in [2.75, 3.05) is 24.6 Å². The number of aromatic nitrogens is 2. The van der Waals surface area contributed by atoms with Gasteiger partial charge in [-0.25, -0.2) is 8.42 Å². The number of unbranched alkanes of at least 4 members (excludes halogenated alkanes) is 2. The Morgan fingerprint density at radius 2 is 2.20 bits per heavy atom. The molecule has 0 N–H and O–H groups in total. The van der Waals surface area contributed by atoms with Crippen LogP contribution in [0.25, 0.3) is 0 Å². The van der Waals surface area contributed by atoms with E-state index in [2.05, 4.69) is 16.9 Å². The summed E-state index contributed by atoms with van der Waals surface area (Å²) in [5.41, 5.74) is 1.02. The van der Waals surface area contributed by atoms with Gasteiger partial charge in [0, 0.05) is 18.8 Å². The minimum Gasteiger partial charge on any atom is -0.295 e. The molecule has 0 bridgehead atoms. The standard InChI is InChI=1S/C14H25N3O2S/c1-3-4-5-7-17-8-6-9-20(18,19)12-14(17)13-10-15-16(2)11-13/h10-11,14H,3-9,12H2,1-2H3. The van der Waals surface area contributed by atoms with Crippen LogP contribution in [-0.4, -0.2) is 47.7 Å². The maximum Gasteiger partial charge on any atom is 0.152 e. The van der Waals surface area contributed by atoms with Gasteiger partial charge in [0.05, 0.1) is 23.7 Å². The molecular formula is C14H25N3O2S. The fourth-order valence-corrected chi connectivity index (χ4v) is 4.44. The van der Waals surface area contributed by atoms with E-state index in [4.69, 9.17) is 0 Å². The molecule has 1 aliphatic heterocycles. The predicted molar refractivity (Wildman–Crippen MR) is 80.3 cm³/mol. The number of aryl methyl sites for hydroxylation is 1. The number of hydrogen-bond donors (Lipinski definition) is 0. The first kappa shape index (κ1) is 15.5. The lowest BCUT2D eigenvalue weighted by atomic mass is 10.1. The van der Waals surface area contributed by atoms with Crippen molar-refractivity contribution < 1.29 is 8.42 Å². The van der Waals surface area contributed by atoms with Crippen molar-refractivity contribution in [1.29, 1.82) is 0 Å². The number of sulfone groups is 1. The Morgan fingerprint density at radius 3 is 2.85 bits per heavy atom. The average molecular weight is 299 g/mol. The molecule has 0 aliphatic carbocycles. The smallest absolute Gasteiger partial charge is 0.152 e. The van der Waals surface area contributed by atoms with Crippen LogP contribution >= 0.6 is 0 Å². The van der Waals surface area contributed by atoms with Crippen LogP contribution in [0, 0.1) is 0 Å². The Bertz CT molecular complexity index is 524.